The standard InChI is InChI=1S/C35H56O8/c1-9-32(5,6)31(39)43-27-16-24-30(23-11-10-12-33(23,27)7)26(41-20(4)36)13-21-17-35(40,25(19(2)3)18-34(21,24)8)28-14-22(37)15-29(38)42-28/h19,21-28,30,37,40H,9-18H2,1-8H3/t21-,22+,23-,24-,25+,26+,27-,28+,30-,33+,34-,35-/m0/s1. The van der Waals surface area contributed by atoms with Crippen molar-refractivity contribution in [2.75, 3.05) is 0 Å². The number of cyclic esters (lactones) is 1. The summed E-state index contributed by atoms with van der Waals surface area (Å²) in [6.45, 7) is 16.3. The van der Waals surface area contributed by atoms with E-state index in [1.165, 1.54) is 6.92 Å². The van der Waals surface area contributed by atoms with E-state index in [2.05, 4.69) is 27.7 Å². The minimum absolute atomic E-state index is 0.00469. The minimum atomic E-state index is -1.30. The van der Waals surface area contributed by atoms with Gasteiger partial charge in [-0.15, -0.1) is 0 Å². The number of rotatable bonds is 6. The monoisotopic (exact) mass is 604 g/mol. The Kier molecular flexibility index (Phi) is 8.59. The molecule has 1 saturated heterocycles. The molecule has 8 heteroatoms. The van der Waals surface area contributed by atoms with E-state index in [-0.39, 0.29) is 83.3 Å². The Morgan fingerprint density at radius 3 is 2.37 bits per heavy atom. The van der Waals surface area contributed by atoms with E-state index >= 15 is 0 Å². The fourth-order valence-electron chi connectivity index (χ4n) is 10.5. The number of ether oxygens (including phenoxy) is 3. The first-order valence-corrected chi connectivity index (χ1v) is 16.9. The summed E-state index contributed by atoms with van der Waals surface area (Å²) in [6.07, 6.45) is 4.34. The summed E-state index contributed by atoms with van der Waals surface area (Å²) in [5.41, 5.74) is -2.24. The van der Waals surface area contributed by atoms with Crippen LogP contribution in [0.4, 0.5) is 0 Å². The number of aliphatic hydroxyl groups is 2. The summed E-state index contributed by atoms with van der Waals surface area (Å²) in [4.78, 5) is 38.4. The Balaban J connectivity index is 1.55. The van der Waals surface area contributed by atoms with Crippen molar-refractivity contribution in [3.8, 4) is 0 Å². The first-order chi connectivity index (χ1) is 20.0. The van der Waals surface area contributed by atoms with E-state index < -0.39 is 29.2 Å². The first-order valence-electron chi connectivity index (χ1n) is 16.9. The largest absolute Gasteiger partial charge is 0.462 e. The highest BCUT2D eigenvalue weighted by Gasteiger charge is 2.68. The number of carbonyl (C=O) groups is 3. The van der Waals surface area contributed by atoms with E-state index in [4.69, 9.17) is 14.2 Å². The number of hydrogen-bond donors (Lipinski definition) is 2. The molecule has 0 bridgehead atoms. The molecule has 0 aromatic carbocycles. The topological polar surface area (TPSA) is 119 Å². The molecule has 0 aromatic rings. The Labute approximate surface area is 258 Å². The number of esters is 3. The molecule has 4 saturated carbocycles. The summed E-state index contributed by atoms with van der Waals surface area (Å²) in [5, 5.41) is 23.0. The number of fused-ring (bicyclic) bond motifs is 5. The van der Waals surface area contributed by atoms with Crippen molar-refractivity contribution in [2.45, 2.75) is 150 Å². The van der Waals surface area contributed by atoms with E-state index in [1.807, 2.05) is 20.8 Å². The lowest BCUT2D eigenvalue weighted by atomic mass is 9.41. The van der Waals surface area contributed by atoms with Gasteiger partial charge in [0.2, 0.25) is 0 Å². The quantitative estimate of drug-likeness (QED) is 0.297. The summed E-state index contributed by atoms with van der Waals surface area (Å²) in [5.74, 6) is -0.379. The van der Waals surface area contributed by atoms with Crippen molar-refractivity contribution in [1.82, 2.24) is 0 Å². The normalized spacial score (nSPS) is 46.3. The zero-order chi connectivity index (χ0) is 31.7. The molecule has 0 spiro atoms. The molecule has 5 rings (SSSR count). The zero-order valence-electron chi connectivity index (χ0n) is 27.7. The molecule has 5 fully saturated rings. The SMILES string of the molecule is CCC(C)(C)C(=O)O[C@H]1C[C@H]2[C@@H]([C@H](OC(C)=O)C[C@H]3C[C@@](O)([C@H]4C[C@@H](O)CC(=O)O4)[C@@H](C(C)C)C[C@@]32C)[C@@H]2CCC[C@@]12C. The molecule has 2 N–H and O–H groups in total. The molecule has 1 aliphatic heterocycles. The van der Waals surface area contributed by atoms with Gasteiger partial charge in [0.1, 0.15) is 23.9 Å². The van der Waals surface area contributed by atoms with Gasteiger partial charge in [-0.25, -0.2) is 0 Å². The molecule has 0 radical (unpaired) electrons. The Morgan fingerprint density at radius 1 is 1.07 bits per heavy atom. The van der Waals surface area contributed by atoms with Crippen molar-refractivity contribution >= 4 is 17.9 Å². The van der Waals surface area contributed by atoms with Crippen LogP contribution in [0.2, 0.25) is 0 Å². The van der Waals surface area contributed by atoms with E-state index in [0.717, 1.165) is 25.7 Å². The van der Waals surface area contributed by atoms with E-state index in [1.54, 1.807) is 0 Å². The summed E-state index contributed by atoms with van der Waals surface area (Å²) in [6, 6.07) is 0. The highest BCUT2D eigenvalue weighted by Crippen LogP contribution is 2.69. The van der Waals surface area contributed by atoms with Crippen LogP contribution >= 0.6 is 0 Å². The maximum Gasteiger partial charge on any atom is 0.311 e. The Bertz CT molecular complexity index is 1100. The average molecular weight is 605 g/mol. The second kappa shape index (κ2) is 11.3. The number of carbonyl (C=O) groups excluding carboxylic acids is 3. The van der Waals surface area contributed by atoms with Crippen LogP contribution < -0.4 is 0 Å². The molecular formula is C35H56O8. The fraction of sp³-hybridized carbons (Fsp3) is 0.914. The van der Waals surface area contributed by atoms with Crippen molar-refractivity contribution in [1.29, 1.82) is 0 Å². The highest BCUT2D eigenvalue weighted by molar-refractivity contribution is 5.76. The molecular weight excluding hydrogens is 548 g/mol. The predicted octanol–water partition coefficient (Wildman–Crippen LogP) is 5.60. The second-order valence-electron chi connectivity index (χ2n) is 16.5. The molecule has 5 aliphatic rings. The van der Waals surface area contributed by atoms with Crippen LogP contribution in [-0.4, -0.2) is 58.1 Å². The van der Waals surface area contributed by atoms with Gasteiger partial charge >= 0.3 is 17.9 Å². The van der Waals surface area contributed by atoms with Crippen molar-refractivity contribution < 1.29 is 38.8 Å². The summed E-state index contributed by atoms with van der Waals surface area (Å²) >= 11 is 0. The van der Waals surface area contributed by atoms with Crippen LogP contribution in [0.15, 0.2) is 0 Å². The van der Waals surface area contributed by atoms with Gasteiger partial charge in [0.25, 0.3) is 0 Å². The van der Waals surface area contributed by atoms with Crippen molar-refractivity contribution in [2.24, 2.45) is 51.8 Å². The maximum absolute atomic E-state index is 13.5. The van der Waals surface area contributed by atoms with Crippen molar-refractivity contribution in [3.63, 3.8) is 0 Å². The first kappa shape index (κ1) is 32.7. The van der Waals surface area contributed by atoms with Gasteiger partial charge in [0.15, 0.2) is 0 Å². The number of aliphatic hydroxyl groups excluding tert-OH is 1. The van der Waals surface area contributed by atoms with Crippen molar-refractivity contribution in [3.05, 3.63) is 0 Å². The third kappa shape index (κ3) is 5.44. The van der Waals surface area contributed by atoms with Gasteiger partial charge in [-0.3, -0.25) is 14.4 Å². The molecule has 43 heavy (non-hydrogen) atoms. The highest BCUT2D eigenvalue weighted by atomic mass is 16.6. The van der Waals surface area contributed by atoms with E-state index in [9.17, 15) is 24.6 Å². The molecule has 0 aromatic heterocycles. The minimum Gasteiger partial charge on any atom is -0.462 e. The lowest BCUT2D eigenvalue weighted by Crippen LogP contribution is -2.67. The molecule has 0 amide bonds. The zero-order valence-corrected chi connectivity index (χ0v) is 27.7. The predicted molar refractivity (Wildman–Crippen MR) is 160 cm³/mol. The smallest absolute Gasteiger partial charge is 0.311 e. The fourth-order valence-corrected chi connectivity index (χ4v) is 10.5. The van der Waals surface area contributed by atoms with Crippen LogP contribution in [0, 0.1) is 51.8 Å². The van der Waals surface area contributed by atoms with E-state index in [0.29, 0.717) is 25.7 Å². The summed E-state index contributed by atoms with van der Waals surface area (Å²) < 4.78 is 18.4. The Hall–Kier alpha value is -1.67. The van der Waals surface area contributed by atoms with Gasteiger partial charge in [-0.2, -0.15) is 0 Å². The van der Waals surface area contributed by atoms with Crippen LogP contribution in [0.5, 0.6) is 0 Å². The molecule has 12 atom stereocenters. The number of hydrogen-bond acceptors (Lipinski definition) is 8. The lowest BCUT2D eigenvalue weighted by molar-refractivity contribution is -0.256. The van der Waals surface area contributed by atoms with Crippen LogP contribution in [0.25, 0.3) is 0 Å². The van der Waals surface area contributed by atoms with Crippen LogP contribution in [0.1, 0.15) is 120 Å². The van der Waals surface area contributed by atoms with Gasteiger partial charge in [0, 0.05) is 24.7 Å². The molecule has 244 valence electrons. The lowest BCUT2D eigenvalue weighted by Gasteiger charge is -2.66. The van der Waals surface area contributed by atoms with Crippen LogP contribution in [0.3, 0.4) is 0 Å². The van der Waals surface area contributed by atoms with Gasteiger partial charge in [-0.1, -0.05) is 41.0 Å². The molecule has 4 aliphatic carbocycles. The van der Waals surface area contributed by atoms with Gasteiger partial charge < -0.3 is 24.4 Å². The van der Waals surface area contributed by atoms with Gasteiger partial charge in [0.05, 0.1) is 17.9 Å². The van der Waals surface area contributed by atoms with Crippen LogP contribution in [-0.2, 0) is 28.6 Å². The third-order valence-electron chi connectivity index (χ3n) is 13.3. The second-order valence-corrected chi connectivity index (χ2v) is 16.5. The maximum atomic E-state index is 13.5. The molecule has 1 heterocycles. The summed E-state index contributed by atoms with van der Waals surface area (Å²) in [7, 11) is 0. The Morgan fingerprint density at radius 2 is 1.77 bits per heavy atom. The molecule has 0 unspecified atom stereocenters. The third-order valence-corrected chi connectivity index (χ3v) is 13.3. The average Bonchev–Trinajstić information content (AvgIpc) is 3.31. The molecule has 8 nitrogen and oxygen atoms in total. The van der Waals surface area contributed by atoms with Gasteiger partial charge in [-0.05, 0) is 93.8 Å².